The summed E-state index contributed by atoms with van der Waals surface area (Å²) in [6.07, 6.45) is 3.95. The Balaban J connectivity index is 2.19. The third-order valence-corrected chi connectivity index (χ3v) is 4.29. The SMILES string of the molecule is CC(C=O)C(C)C(=O)ONCCCCCCOc1cccc([N+](=O)[O-])c1C#N. The smallest absolute Gasteiger partial charge is 0.328 e. The third-order valence-electron chi connectivity index (χ3n) is 4.29. The predicted octanol–water partition coefficient (Wildman–Crippen LogP) is 2.92. The van der Waals surface area contributed by atoms with Crippen molar-refractivity contribution in [2.75, 3.05) is 13.2 Å². The Morgan fingerprint density at radius 1 is 1.32 bits per heavy atom. The number of hydrogen-bond donors (Lipinski definition) is 1. The van der Waals surface area contributed by atoms with Gasteiger partial charge in [0.05, 0.1) is 17.4 Å². The van der Waals surface area contributed by atoms with Gasteiger partial charge < -0.3 is 14.4 Å². The molecule has 0 spiro atoms. The van der Waals surface area contributed by atoms with E-state index < -0.39 is 16.8 Å². The highest BCUT2D eigenvalue weighted by molar-refractivity contribution is 5.75. The Labute approximate surface area is 163 Å². The summed E-state index contributed by atoms with van der Waals surface area (Å²) in [5.74, 6) is -1.13. The van der Waals surface area contributed by atoms with Gasteiger partial charge in [0.15, 0.2) is 5.56 Å². The van der Waals surface area contributed by atoms with E-state index in [-0.39, 0.29) is 22.9 Å². The summed E-state index contributed by atoms with van der Waals surface area (Å²) in [5.41, 5.74) is 2.26. The van der Waals surface area contributed by atoms with Crippen molar-refractivity contribution in [3.8, 4) is 11.8 Å². The van der Waals surface area contributed by atoms with Crippen LogP contribution in [-0.2, 0) is 14.4 Å². The number of nitriles is 1. The third kappa shape index (κ3) is 7.32. The van der Waals surface area contributed by atoms with Crippen LogP contribution in [0.1, 0.15) is 45.1 Å². The summed E-state index contributed by atoms with van der Waals surface area (Å²) in [5, 5.41) is 20.0. The zero-order valence-corrected chi connectivity index (χ0v) is 16.1. The maximum absolute atomic E-state index is 11.6. The van der Waals surface area contributed by atoms with Gasteiger partial charge in [0.1, 0.15) is 18.1 Å². The van der Waals surface area contributed by atoms with E-state index >= 15 is 0 Å². The molecule has 1 N–H and O–H groups in total. The number of carbonyl (C=O) groups is 2. The first-order valence-electron chi connectivity index (χ1n) is 9.11. The number of hydroxylamine groups is 1. The summed E-state index contributed by atoms with van der Waals surface area (Å²) in [6.45, 7) is 4.15. The van der Waals surface area contributed by atoms with Crippen LogP contribution in [0.15, 0.2) is 18.2 Å². The molecule has 152 valence electrons. The molecule has 2 unspecified atom stereocenters. The Bertz CT molecular complexity index is 716. The lowest BCUT2D eigenvalue weighted by Crippen LogP contribution is -2.28. The van der Waals surface area contributed by atoms with E-state index in [2.05, 4.69) is 5.48 Å². The maximum Gasteiger partial charge on any atom is 0.328 e. The Kier molecular flexibility index (Phi) is 10.2. The number of aldehydes is 1. The fourth-order valence-electron chi connectivity index (χ4n) is 2.29. The van der Waals surface area contributed by atoms with Gasteiger partial charge in [0, 0.05) is 18.5 Å². The van der Waals surface area contributed by atoms with Crippen LogP contribution in [0.25, 0.3) is 0 Å². The van der Waals surface area contributed by atoms with Crippen molar-refractivity contribution >= 4 is 17.9 Å². The van der Waals surface area contributed by atoms with Crippen LogP contribution in [0.2, 0.25) is 0 Å². The molecule has 0 aliphatic carbocycles. The van der Waals surface area contributed by atoms with Crippen LogP contribution >= 0.6 is 0 Å². The van der Waals surface area contributed by atoms with Gasteiger partial charge in [-0.15, -0.1) is 0 Å². The number of nitrogens with one attached hydrogen (secondary N) is 1. The summed E-state index contributed by atoms with van der Waals surface area (Å²) < 4.78 is 5.50. The number of nitrogens with zero attached hydrogens (tertiary/aromatic N) is 2. The Morgan fingerprint density at radius 3 is 2.68 bits per heavy atom. The Morgan fingerprint density at radius 2 is 2.04 bits per heavy atom. The molecular weight excluding hydrogens is 366 g/mol. The number of rotatable bonds is 13. The van der Waals surface area contributed by atoms with E-state index in [0.717, 1.165) is 32.0 Å². The summed E-state index contributed by atoms with van der Waals surface area (Å²) >= 11 is 0. The first-order chi connectivity index (χ1) is 13.4. The van der Waals surface area contributed by atoms with Crippen LogP contribution < -0.4 is 10.2 Å². The first-order valence-corrected chi connectivity index (χ1v) is 9.11. The molecule has 1 aromatic rings. The number of nitro groups is 1. The number of carbonyl (C=O) groups excluding carboxylic acids is 2. The molecular formula is C19H25N3O6. The van der Waals surface area contributed by atoms with Gasteiger partial charge in [-0.1, -0.05) is 32.8 Å². The van der Waals surface area contributed by atoms with Crippen molar-refractivity contribution < 1.29 is 24.1 Å². The van der Waals surface area contributed by atoms with Crippen molar-refractivity contribution in [2.45, 2.75) is 39.5 Å². The van der Waals surface area contributed by atoms with E-state index in [1.165, 1.54) is 18.2 Å². The normalized spacial score (nSPS) is 12.5. The van der Waals surface area contributed by atoms with Crippen molar-refractivity contribution in [3.63, 3.8) is 0 Å². The minimum Gasteiger partial charge on any atom is -0.492 e. The Hall–Kier alpha value is -2.99. The molecule has 1 aromatic carbocycles. The fraction of sp³-hybridized carbons (Fsp3) is 0.526. The van der Waals surface area contributed by atoms with Gasteiger partial charge in [-0.2, -0.15) is 10.7 Å². The molecule has 9 heteroatoms. The molecule has 0 fully saturated rings. The molecule has 0 bridgehead atoms. The van der Waals surface area contributed by atoms with E-state index in [4.69, 9.17) is 14.8 Å². The van der Waals surface area contributed by atoms with Crippen LogP contribution in [0, 0.1) is 33.3 Å². The van der Waals surface area contributed by atoms with E-state index in [1.54, 1.807) is 13.8 Å². The molecule has 0 heterocycles. The van der Waals surface area contributed by atoms with Crippen molar-refractivity contribution in [2.24, 2.45) is 11.8 Å². The van der Waals surface area contributed by atoms with Crippen LogP contribution in [0.3, 0.4) is 0 Å². The topological polar surface area (TPSA) is 132 Å². The lowest BCUT2D eigenvalue weighted by atomic mass is 9.98. The predicted molar refractivity (Wildman–Crippen MR) is 100 cm³/mol. The van der Waals surface area contributed by atoms with Crippen molar-refractivity contribution in [1.82, 2.24) is 5.48 Å². The van der Waals surface area contributed by atoms with Gasteiger partial charge in [-0.05, 0) is 18.9 Å². The maximum atomic E-state index is 11.6. The first kappa shape index (κ1) is 23.0. The minimum atomic E-state index is -0.606. The number of ether oxygens (including phenoxy) is 1. The van der Waals surface area contributed by atoms with Crippen LogP contribution in [-0.4, -0.2) is 30.3 Å². The monoisotopic (exact) mass is 391 g/mol. The number of nitro benzene ring substituents is 1. The average molecular weight is 391 g/mol. The van der Waals surface area contributed by atoms with Gasteiger partial charge in [0.25, 0.3) is 5.69 Å². The molecule has 0 amide bonds. The average Bonchev–Trinajstić information content (AvgIpc) is 2.70. The molecule has 0 radical (unpaired) electrons. The quantitative estimate of drug-likeness (QED) is 0.235. The second-order valence-corrected chi connectivity index (χ2v) is 6.38. The van der Waals surface area contributed by atoms with E-state index in [1.807, 2.05) is 6.07 Å². The zero-order chi connectivity index (χ0) is 20.9. The molecule has 2 atom stereocenters. The van der Waals surface area contributed by atoms with Gasteiger partial charge in [-0.25, -0.2) is 0 Å². The van der Waals surface area contributed by atoms with E-state index in [0.29, 0.717) is 13.2 Å². The molecule has 0 aliphatic heterocycles. The molecule has 0 saturated carbocycles. The zero-order valence-electron chi connectivity index (χ0n) is 16.1. The highest BCUT2D eigenvalue weighted by atomic mass is 16.7. The van der Waals surface area contributed by atoms with Crippen LogP contribution in [0.4, 0.5) is 5.69 Å². The van der Waals surface area contributed by atoms with Crippen molar-refractivity contribution in [3.05, 3.63) is 33.9 Å². The van der Waals surface area contributed by atoms with Gasteiger partial charge >= 0.3 is 5.97 Å². The molecule has 0 aromatic heterocycles. The molecule has 28 heavy (non-hydrogen) atoms. The molecule has 9 nitrogen and oxygen atoms in total. The van der Waals surface area contributed by atoms with Crippen LogP contribution in [0.5, 0.6) is 5.75 Å². The summed E-state index contributed by atoms with van der Waals surface area (Å²) in [7, 11) is 0. The standard InChI is InChI=1S/C19H25N3O6/c1-14(13-23)15(2)19(24)28-21-10-5-3-4-6-11-27-18-9-7-8-17(22(25)26)16(18)12-20/h7-9,13-15,21H,3-6,10-11H2,1-2H3. The van der Waals surface area contributed by atoms with Gasteiger partial charge in [-0.3, -0.25) is 14.9 Å². The lowest BCUT2D eigenvalue weighted by molar-refractivity contribution is -0.385. The minimum absolute atomic E-state index is 0.0726. The molecule has 0 saturated heterocycles. The summed E-state index contributed by atoms with van der Waals surface area (Å²) in [6, 6.07) is 6.10. The van der Waals surface area contributed by atoms with E-state index in [9.17, 15) is 19.7 Å². The number of unbranched alkanes of at least 4 members (excludes halogenated alkanes) is 3. The second-order valence-electron chi connectivity index (χ2n) is 6.38. The van der Waals surface area contributed by atoms with Crippen molar-refractivity contribution in [1.29, 1.82) is 5.26 Å². The largest absolute Gasteiger partial charge is 0.492 e. The fourth-order valence-corrected chi connectivity index (χ4v) is 2.29. The number of hydrogen-bond acceptors (Lipinski definition) is 8. The molecule has 1 rings (SSSR count). The number of benzene rings is 1. The lowest BCUT2D eigenvalue weighted by Gasteiger charge is -2.13. The second kappa shape index (κ2) is 12.4. The summed E-state index contributed by atoms with van der Waals surface area (Å²) in [4.78, 5) is 37.5. The van der Waals surface area contributed by atoms with Gasteiger partial charge in [0.2, 0.25) is 0 Å². The highest BCUT2D eigenvalue weighted by Gasteiger charge is 2.21. The highest BCUT2D eigenvalue weighted by Crippen LogP contribution is 2.27. The molecule has 0 aliphatic rings.